The summed E-state index contributed by atoms with van der Waals surface area (Å²) in [5.74, 6) is 0.110. The number of fused-ring (bicyclic) bond motifs is 1. The molecule has 0 bridgehead atoms. The molecule has 0 spiro atoms. The number of sulfonamides is 1. The van der Waals surface area contributed by atoms with Gasteiger partial charge in [-0.3, -0.25) is 9.13 Å². The van der Waals surface area contributed by atoms with Crippen LogP contribution in [0.4, 0.5) is 0 Å². The van der Waals surface area contributed by atoms with Gasteiger partial charge in [-0.1, -0.05) is 0 Å². The number of hydrogen-bond acceptors (Lipinski definition) is 5. The first-order valence-electron chi connectivity index (χ1n) is 7.30. The van der Waals surface area contributed by atoms with E-state index in [1.54, 1.807) is 24.7 Å². The van der Waals surface area contributed by atoms with Crippen molar-refractivity contribution in [1.82, 2.24) is 23.4 Å². The molecule has 1 aliphatic rings. The van der Waals surface area contributed by atoms with Gasteiger partial charge in [-0.2, -0.15) is 0 Å². The SMILES string of the molecule is CCS(=O)(=O)N1CCC(n2c(=O)n(C)c3cncnc32)CC1. The van der Waals surface area contributed by atoms with E-state index in [-0.39, 0.29) is 17.5 Å². The third-order valence-corrected chi connectivity index (χ3v) is 6.18. The molecule has 9 heteroatoms. The van der Waals surface area contributed by atoms with E-state index in [0.717, 1.165) is 0 Å². The quantitative estimate of drug-likeness (QED) is 0.799. The van der Waals surface area contributed by atoms with Crippen molar-refractivity contribution in [1.29, 1.82) is 0 Å². The molecule has 0 N–H and O–H groups in total. The monoisotopic (exact) mass is 325 g/mol. The van der Waals surface area contributed by atoms with Crippen LogP contribution in [0.5, 0.6) is 0 Å². The molecule has 0 amide bonds. The minimum atomic E-state index is -3.16. The Morgan fingerprint density at radius 1 is 1.32 bits per heavy atom. The zero-order valence-corrected chi connectivity index (χ0v) is 13.5. The van der Waals surface area contributed by atoms with Crippen LogP contribution in [0.3, 0.4) is 0 Å². The highest BCUT2D eigenvalue weighted by atomic mass is 32.2. The second-order valence-electron chi connectivity index (χ2n) is 5.47. The Balaban J connectivity index is 1.92. The molecular weight excluding hydrogens is 306 g/mol. The first-order valence-corrected chi connectivity index (χ1v) is 8.91. The Labute approximate surface area is 128 Å². The predicted molar refractivity (Wildman–Crippen MR) is 82.1 cm³/mol. The van der Waals surface area contributed by atoms with Crippen molar-refractivity contribution >= 4 is 21.2 Å². The van der Waals surface area contributed by atoms with Gasteiger partial charge in [0.15, 0.2) is 5.65 Å². The molecule has 0 aromatic carbocycles. The minimum Gasteiger partial charge on any atom is -0.292 e. The maximum atomic E-state index is 12.4. The molecule has 0 radical (unpaired) electrons. The normalized spacial score (nSPS) is 18.1. The van der Waals surface area contributed by atoms with Gasteiger partial charge in [0.1, 0.15) is 11.8 Å². The second kappa shape index (κ2) is 5.47. The van der Waals surface area contributed by atoms with Crippen molar-refractivity contribution in [2.75, 3.05) is 18.8 Å². The fraction of sp³-hybridized carbons (Fsp3) is 0.615. The molecule has 1 aliphatic heterocycles. The molecule has 0 saturated carbocycles. The lowest BCUT2D eigenvalue weighted by atomic mass is 10.1. The van der Waals surface area contributed by atoms with E-state index in [0.29, 0.717) is 37.1 Å². The molecule has 0 aliphatic carbocycles. The lowest BCUT2D eigenvalue weighted by molar-refractivity contribution is 0.273. The van der Waals surface area contributed by atoms with Gasteiger partial charge < -0.3 is 0 Å². The average Bonchev–Trinajstić information content (AvgIpc) is 2.79. The van der Waals surface area contributed by atoms with Crippen molar-refractivity contribution in [3.8, 4) is 0 Å². The maximum Gasteiger partial charge on any atom is 0.330 e. The van der Waals surface area contributed by atoms with E-state index in [9.17, 15) is 13.2 Å². The van der Waals surface area contributed by atoms with Gasteiger partial charge in [0.2, 0.25) is 10.0 Å². The Kier molecular flexibility index (Phi) is 3.77. The molecule has 0 atom stereocenters. The van der Waals surface area contributed by atoms with Crippen LogP contribution < -0.4 is 5.69 Å². The lowest BCUT2D eigenvalue weighted by Crippen LogP contribution is -2.41. The van der Waals surface area contributed by atoms with Crippen LogP contribution in [0.25, 0.3) is 11.2 Å². The van der Waals surface area contributed by atoms with Gasteiger partial charge in [0.25, 0.3) is 0 Å². The molecule has 8 nitrogen and oxygen atoms in total. The van der Waals surface area contributed by atoms with Crippen LogP contribution in [0.2, 0.25) is 0 Å². The molecule has 1 fully saturated rings. The summed E-state index contributed by atoms with van der Waals surface area (Å²) in [6, 6.07) is -0.0330. The van der Waals surface area contributed by atoms with Crippen molar-refractivity contribution < 1.29 is 8.42 Å². The number of aromatic nitrogens is 4. The highest BCUT2D eigenvalue weighted by Crippen LogP contribution is 2.25. The van der Waals surface area contributed by atoms with Crippen LogP contribution >= 0.6 is 0 Å². The topological polar surface area (TPSA) is 90.1 Å². The summed E-state index contributed by atoms with van der Waals surface area (Å²) in [6.45, 7) is 2.52. The summed E-state index contributed by atoms with van der Waals surface area (Å²) < 4.78 is 28.5. The minimum absolute atomic E-state index is 0.0330. The van der Waals surface area contributed by atoms with E-state index in [1.165, 1.54) is 15.2 Å². The third-order valence-electron chi connectivity index (χ3n) is 4.30. The summed E-state index contributed by atoms with van der Waals surface area (Å²) in [6.07, 6.45) is 4.27. The van der Waals surface area contributed by atoms with Crippen molar-refractivity contribution in [3.63, 3.8) is 0 Å². The second-order valence-corrected chi connectivity index (χ2v) is 7.73. The zero-order chi connectivity index (χ0) is 15.9. The van der Waals surface area contributed by atoms with Gasteiger partial charge in [-0.15, -0.1) is 0 Å². The number of nitrogens with zero attached hydrogens (tertiary/aromatic N) is 5. The largest absolute Gasteiger partial charge is 0.330 e. The highest BCUT2D eigenvalue weighted by Gasteiger charge is 2.29. The molecule has 2 aromatic heterocycles. The molecule has 3 heterocycles. The summed E-state index contributed by atoms with van der Waals surface area (Å²) in [7, 11) is -1.46. The Hall–Kier alpha value is -1.74. The summed E-state index contributed by atoms with van der Waals surface area (Å²) in [5.41, 5.74) is 1.17. The van der Waals surface area contributed by atoms with Gasteiger partial charge in [-0.05, 0) is 19.8 Å². The van der Waals surface area contributed by atoms with Gasteiger partial charge in [0.05, 0.1) is 11.9 Å². The summed E-state index contributed by atoms with van der Waals surface area (Å²) in [4.78, 5) is 20.6. The number of rotatable bonds is 3. The molecule has 1 saturated heterocycles. The fourth-order valence-corrected chi connectivity index (χ4v) is 4.12. The maximum absolute atomic E-state index is 12.4. The molecule has 22 heavy (non-hydrogen) atoms. The predicted octanol–water partition coefficient (Wildman–Crippen LogP) is 0.117. The first kappa shape index (κ1) is 15.2. The third kappa shape index (κ3) is 2.34. The van der Waals surface area contributed by atoms with E-state index >= 15 is 0 Å². The smallest absolute Gasteiger partial charge is 0.292 e. The molecular formula is C13H19N5O3S. The van der Waals surface area contributed by atoms with Gasteiger partial charge in [0, 0.05) is 26.2 Å². The first-order chi connectivity index (χ1) is 10.5. The number of hydrogen-bond donors (Lipinski definition) is 0. The highest BCUT2D eigenvalue weighted by molar-refractivity contribution is 7.89. The zero-order valence-electron chi connectivity index (χ0n) is 12.6. The average molecular weight is 325 g/mol. The molecule has 120 valence electrons. The van der Waals surface area contributed by atoms with Crippen LogP contribution in [0.15, 0.2) is 17.3 Å². The van der Waals surface area contributed by atoms with Crippen LogP contribution in [-0.2, 0) is 17.1 Å². The van der Waals surface area contributed by atoms with E-state index < -0.39 is 10.0 Å². The van der Waals surface area contributed by atoms with E-state index in [1.807, 2.05) is 0 Å². The number of imidazole rings is 1. The van der Waals surface area contributed by atoms with E-state index in [2.05, 4.69) is 9.97 Å². The lowest BCUT2D eigenvalue weighted by Gasteiger charge is -2.31. The fourth-order valence-electron chi connectivity index (χ4n) is 2.98. The van der Waals surface area contributed by atoms with Crippen molar-refractivity contribution in [2.45, 2.75) is 25.8 Å². The van der Waals surface area contributed by atoms with Crippen LogP contribution in [0.1, 0.15) is 25.8 Å². The van der Waals surface area contributed by atoms with Crippen LogP contribution in [-0.4, -0.2) is 50.7 Å². The van der Waals surface area contributed by atoms with Crippen molar-refractivity contribution in [2.24, 2.45) is 7.05 Å². The molecule has 0 unspecified atom stereocenters. The Bertz CT molecular complexity index is 846. The number of piperidine rings is 1. The van der Waals surface area contributed by atoms with E-state index in [4.69, 9.17) is 0 Å². The van der Waals surface area contributed by atoms with Crippen LogP contribution in [0, 0.1) is 0 Å². The molecule has 2 aromatic rings. The van der Waals surface area contributed by atoms with Crippen molar-refractivity contribution in [3.05, 3.63) is 23.0 Å². The van der Waals surface area contributed by atoms with Gasteiger partial charge in [-0.25, -0.2) is 27.5 Å². The van der Waals surface area contributed by atoms with Gasteiger partial charge >= 0.3 is 5.69 Å². The summed E-state index contributed by atoms with van der Waals surface area (Å²) >= 11 is 0. The Morgan fingerprint density at radius 2 is 2.00 bits per heavy atom. The number of aryl methyl sites for hydroxylation is 1. The standard InChI is InChI=1S/C13H19N5O3S/c1-3-22(20,21)17-6-4-10(5-7-17)18-12-11(8-14-9-15-12)16(2)13(18)19/h8-10H,3-7H2,1-2H3. The summed E-state index contributed by atoms with van der Waals surface area (Å²) in [5, 5.41) is 0. The molecule has 3 rings (SSSR count). The Morgan fingerprint density at radius 3 is 2.64 bits per heavy atom.